The van der Waals surface area contributed by atoms with E-state index in [2.05, 4.69) is 0 Å². The molecular formula is C10H15ClN2O. The molecule has 0 aliphatic rings. The minimum atomic E-state index is 0.610. The molecule has 0 spiro atoms. The summed E-state index contributed by atoms with van der Waals surface area (Å²) >= 11 is 6.08. The highest BCUT2D eigenvalue weighted by Gasteiger charge is 2.05. The van der Waals surface area contributed by atoms with Crippen LogP contribution in [0.2, 0.25) is 5.02 Å². The predicted octanol–water partition coefficient (Wildman–Crippen LogP) is 1.74. The van der Waals surface area contributed by atoms with Gasteiger partial charge in [-0.05, 0) is 12.1 Å². The van der Waals surface area contributed by atoms with Crippen molar-refractivity contribution in [3.8, 4) is 5.75 Å². The van der Waals surface area contributed by atoms with Gasteiger partial charge in [-0.25, -0.2) is 0 Å². The fourth-order valence-electron chi connectivity index (χ4n) is 1.24. The van der Waals surface area contributed by atoms with Crippen molar-refractivity contribution in [1.29, 1.82) is 0 Å². The van der Waals surface area contributed by atoms with Crippen molar-refractivity contribution in [2.45, 2.75) is 0 Å². The summed E-state index contributed by atoms with van der Waals surface area (Å²) in [4.78, 5) is 2.02. The Balaban J connectivity index is 2.88. The lowest BCUT2D eigenvalue weighted by atomic mass is 10.3. The summed E-state index contributed by atoms with van der Waals surface area (Å²) in [5.74, 6) is 0.764. The normalized spacial score (nSPS) is 10.0. The van der Waals surface area contributed by atoms with E-state index < -0.39 is 0 Å². The number of anilines is 1. The number of nitrogens with zero attached hydrogens (tertiary/aromatic N) is 1. The van der Waals surface area contributed by atoms with Gasteiger partial charge in [0.25, 0.3) is 0 Å². The van der Waals surface area contributed by atoms with E-state index in [0.29, 0.717) is 11.6 Å². The minimum absolute atomic E-state index is 0.610. The smallest absolute Gasteiger partial charge is 0.120 e. The van der Waals surface area contributed by atoms with Crippen LogP contribution in [-0.4, -0.2) is 27.2 Å². The molecule has 0 saturated carbocycles. The molecule has 0 aromatic heterocycles. The summed E-state index contributed by atoms with van der Waals surface area (Å²) in [6.45, 7) is 1.39. The second kappa shape index (κ2) is 5.08. The zero-order chi connectivity index (χ0) is 10.6. The van der Waals surface area contributed by atoms with E-state index in [0.717, 1.165) is 18.0 Å². The molecule has 1 aromatic carbocycles. The molecule has 3 nitrogen and oxygen atoms in total. The van der Waals surface area contributed by atoms with Crippen LogP contribution in [-0.2, 0) is 0 Å². The molecule has 0 bridgehead atoms. The largest absolute Gasteiger partial charge is 0.497 e. The van der Waals surface area contributed by atoms with Crippen molar-refractivity contribution in [2.24, 2.45) is 5.73 Å². The van der Waals surface area contributed by atoms with Crippen molar-refractivity contribution >= 4 is 17.3 Å². The van der Waals surface area contributed by atoms with E-state index in [1.165, 1.54) is 0 Å². The van der Waals surface area contributed by atoms with E-state index in [9.17, 15) is 0 Å². The monoisotopic (exact) mass is 214 g/mol. The molecule has 0 saturated heterocycles. The van der Waals surface area contributed by atoms with Crippen LogP contribution < -0.4 is 15.4 Å². The van der Waals surface area contributed by atoms with E-state index in [-0.39, 0.29) is 0 Å². The Hall–Kier alpha value is -0.930. The van der Waals surface area contributed by atoms with Gasteiger partial charge in [-0.3, -0.25) is 0 Å². The molecule has 4 heteroatoms. The van der Waals surface area contributed by atoms with E-state index in [4.69, 9.17) is 22.1 Å². The Morgan fingerprint density at radius 1 is 1.50 bits per heavy atom. The lowest BCUT2D eigenvalue weighted by Gasteiger charge is -2.19. The Labute approximate surface area is 89.4 Å². The van der Waals surface area contributed by atoms with Gasteiger partial charge in [-0.1, -0.05) is 11.6 Å². The molecule has 0 heterocycles. The first-order valence-corrected chi connectivity index (χ1v) is 4.81. The van der Waals surface area contributed by atoms with Crippen molar-refractivity contribution in [3.63, 3.8) is 0 Å². The van der Waals surface area contributed by atoms with Gasteiger partial charge >= 0.3 is 0 Å². The van der Waals surface area contributed by atoms with E-state index in [1.807, 2.05) is 24.1 Å². The van der Waals surface area contributed by atoms with Crippen molar-refractivity contribution in [1.82, 2.24) is 0 Å². The molecule has 2 N–H and O–H groups in total. The number of methoxy groups -OCH3 is 1. The molecule has 0 radical (unpaired) electrons. The molecule has 1 aromatic rings. The molecule has 0 fully saturated rings. The number of benzene rings is 1. The lowest BCUT2D eigenvalue weighted by molar-refractivity contribution is 0.415. The number of rotatable bonds is 4. The predicted molar refractivity (Wildman–Crippen MR) is 60.3 cm³/mol. The standard InChI is InChI=1S/C10H15ClN2O/c1-13(6-5-12)10-4-3-8(14-2)7-9(10)11/h3-4,7H,5-6,12H2,1-2H3. The molecule has 0 atom stereocenters. The first-order chi connectivity index (χ1) is 6.69. The van der Waals surface area contributed by atoms with Crippen LogP contribution in [0.4, 0.5) is 5.69 Å². The number of hydrogen-bond donors (Lipinski definition) is 1. The van der Waals surface area contributed by atoms with Gasteiger partial charge < -0.3 is 15.4 Å². The first kappa shape index (κ1) is 11.1. The second-order valence-electron chi connectivity index (χ2n) is 3.03. The third-order valence-corrected chi connectivity index (χ3v) is 2.33. The van der Waals surface area contributed by atoms with Gasteiger partial charge in [0.2, 0.25) is 0 Å². The number of halogens is 1. The second-order valence-corrected chi connectivity index (χ2v) is 3.43. The Morgan fingerprint density at radius 3 is 2.71 bits per heavy atom. The molecule has 0 aliphatic heterocycles. The number of nitrogens with two attached hydrogens (primary N) is 1. The molecule has 0 aliphatic carbocycles. The van der Waals surface area contributed by atoms with Crippen LogP contribution in [0.15, 0.2) is 18.2 Å². The maximum Gasteiger partial charge on any atom is 0.120 e. The third kappa shape index (κ3) is 2.53. The molecule has 14 heavy (non-hydrogen) atoms. The summed E-state index contributed by atoms with van der Waals surface area (Å²) in [6, 6.07) is 5.61. The van der Waals surface area contributed by atoms with Gasteiger partial charge in [-0.15, -0.1) is 0 Å². The van der Waals surface area contributed by atoms with Crippen LogP contribution in [0.25, 0.3) is 0 Å². The van der Waals surface area contributed by atoms with Crippen LogP contribution in [0.3, 0.4) is 0 Å². The summed E-state index contributed by atoms with van der Waals surface area (Å²) in [5.41, 5.74) is 6.43. The molecule has 0 amide bonds. The van der Waals surface area contributed by atoms with Crippen LogP contribution in [0, 0.1) is 0 Å². The fourth-order valence-corrected chi connectivity index (χ4v) is 1.55. The minimum Gasteiger partial charge on any atom is -0.497 e. The zero-order valence-electron chi connectivity index (χ0n) is 8.46. The fraction of sp³-hybridized carbons (Fsp3) is 0.400. The third-order valence-electron chi connectivity index (χ3n) is 2.03. The first-order valence-electron chi connectivity index (χ1n) is 4.43. The van der Waals surface area contributed by atoms with Gasteiger partial charge in [0.05, 0.1) is 17.8 Å². The van der Waals surface area contributed by atoms with Crippen molar-refractivity contribution in [3.05, 3.63) is 23.2 Å². The summed E-state index contributed by atoms with van der Waals surface area (Å²) in [6.07, 6.45) is 0. The van der Waals surface area contributed by atoms with Crippen LogP contribution in [0.1, 0.15) is 0 Å². The SMILES string of the molecule is COc1ccc(N(C)CCN)c(Cl)c1. The molecule has 0 unspecified atom stereocenters. The maximum absolute atomic E-state index is 6.08. The lowest BCUT2D eigenvalue weighted by Crippen LogP contribution is -2.25. The van der Waals surface area contributed by atoms with Gasteiger partial charge in [0, 0.05) is 26.2 Å². The Morgan fingerprint density at radius 2 is 2.21 bits per heavy atom. The topological polar surface area (TPSA) is 38.5 Å². The average molecular weight is 215 g/mol. The summed E-state index contributed by atoms with van der Waals surface area (Å²) in [7, 11) is 3.58. The highest BCUT2D eigenvalue weighted by atomic mass is 35.5. The zero-order valence-corrected chi connectivity index (χ0v) is 9.21. The Kier molecular flexibility index (Phi) is 4.04. The number of ether oxygens (including phenoxy) is 1. The highest BCUT2D eigenvalue weighted by Crippen LogP contribution is 2.28. The van der Waals surface area contributed by atoms with Crippen molar-refractivity contribution < 1.29 is 4.74 Å². The maximum atomic E-state index is 6.08. The van der Waals surface area contributed by atoms with E-state index >= 15 is 0 Å². The summed E-state index contributed by atoms with van der Waals surface area (Å²) < 4.78 is 5.06. The molecular weight excluding hydrogens is 200 g/mol. The Bertz CT molecular complexity index is 304. The van der Waals surface area contributed by atoms with Gasteiger partial charge in [0.15, 0.2) is 0 Å². The van der Waals surface area contributed by atoms with Gasteiger partial charge in [0.1, 0.15) is 5.75 Å². The summed E-state index contributed by atoms with van der Waals surface area (Å²) in [5, 5.41) is 0.681. The van der Waals surface area contributed by atoms with E-state index in [1.54, 1.807) is 13.2 Å². The van der Waals surface area contributed by atoms with Crippen LogP contribution >= 0.6 is 11.6 Å². The molecule has 1 rings (SSSR count). The highest BCUT2D eigenvalue weighted by molar-refractivity contribution is 6.33. The van der Waals surface area contributed by atoms with Crippen molar-refractivity contribution in [2.75, 3.05) is 32.1 Å². The average Bonchev–Trinajstić information content (AvgIpc) is 2.17. The quantitative estimate of drug-likeness (QED) is 0.830. The van der Waals surface area contributed by atoms with Crippen LogP contribution in [0.5, 0.6) is 5.75 Å². The number of likely N-dealkylation sites (N-methyl/N-ethyl adjacent to an activating group) is 1. The molecule has 78 valence electrons. The number of hydrogen-bond acceptors (Lipinski definition) is 3. The van der Waals surface area contributed by atoms with Gasteiger partial charge in [-0.2, -0.15) is 0 Å².